The zero-order valence-electron chi connectivity index (χ0n) is 53.0. The fourth-order valence-corrected chi connectivity index (χ4v) is 7.85. The van der Waals surface area contributed by atoms with Gasteiger partial charge in [0, 0.05) is 13.1 Å². The van der Waals surface area contributed by atoms with E-state index in [9.17, 15) is 0 Å². The lowest BCUT2D eigenvalue weighted by Crippen LogP contribution is -1.89. The minimum atomic E-state index is 1.07. The molecule has 426 valence electrons. The van der Waals surface area contributed by atoms with Crippen LogP contribution >= 0.6 is 0 Å². The lowest BCUT2D eigenvalue weighted by atomic mass is 10.0. The largest absolute Gasteiger partial charge is 0.298 e. The van der Waals surface area contributed by atoms with Gasteiger partial charge in [0.2, 0.25) is 0 Å². The number of allylic oxidation sites excluding steroid dienone is 2. The van der Waals surface area contributed by atoms with Crippen LogP contribution in [0.4, 0.5) is 0 Å². The smallest absolute Gasteiger partial charge is 0.0388 e. The summed E-state index contributed by atoms with van der Waals surface area (Å²) in [6.07, 6.45) is 71.4. The van der Waals surface area contributed by atoms with Crippen molar-refractivity contribution in [2.45, 2.75) is 401 Å². The first-order valence-corrected chi connectivity index (χ1v) is 33.1. The summed E-state index contributed by atoms with van der Waals surface area (Å²) in [4.78, 5) is 8.01. The molecular weight excluding hydrogens is 833 g/mol. The molecule has 2 heterocycles. The van der Waals surface area contributed by atoms with Crippen molar-refractivity contribution in [3.05, 3.63) is 12.2 Å². The van der Waals surface area contributed by atoms with Crippen LogP contribution in [0, 0.1) is 0 Å². The third kappa shape index (κ3) is 113. The van der Waals surface area contributed by atoms with Crippen LogP contribution in [0.25, 0.3) is 0 Å². The maximum Gasteiger partial charge on any atom is 0.0388 e. The van der Waals surface area contributed by atoms with Crippen LogP contribution in [0.3, 0.4) is 0 Å². The van der Waals surface area contributed by atoms with Gasteiger partial charge < -0.3 is 0 Å². The van der Waals surface area contributed by atoms with E-state index in [2.05, 4.69) is 22.1 Å². The van der Waals surface area contributed by atoms with Crippen molar-refractivity contribution in [1.29, 1.82) is 0 Å². The Balaban J connectivity index is -0.0000000806. The minimum Gasteiger partial charge on any atom is -0.298 e. The summed E-state index contributed by atoms with van der Waals surface area (Å²) in [5.41, 5.74) is 0. The maximum absolute atomic E-state index is 4.05. The molecule has 7 aliphatic carbocycles. The van der Waals surface area contributed by atoms with E-state index in [1.165, 1.54) is 276 Å². The predicted molar refractivity (Wildman–Crippen MR) is 337 cm³/mol. The number of rotatable bonds is 0. The van der Waals surface area contributed by atoms with E-state index in [0.29, 0.717) is 0 Å². The van der Waals surface area contributed by atoms with E-state index in [1.807, 2.05) is 137 Å². The van der Waals surface area contributed by atoms with Crippen LogP contribution in [-0.2, 0) is 0 Å². The van der Waals surface area contributed by atoms with Gasteiger partial charge in [-0.25, -0.2) is 0 Å². The zero-order valence-corrected chi connectivity index (χ0v) is 53.0. The van der Waals surface area contributed by atoms with Gasteiger partial charge in [0.15, 0.2) is 0 Å². The third-order valence-electron chi connectivity index (χ3n) is 11.4. The van der Waals surface area contributed by atoms with E-state index < -0.39 is 0 Å². The van der Waals surface area contributed by atoms with Crippen molar-refractivity contribution in [3.8, 4) is 0 Å². The molecule has 2 nitrogen and oxygen atoms in total. The molecule has 69 heavy (non-hydrogen) atoms. The van der Waals surface area contributed by atoms with Crippen molar-refractivity contribution in [2.75, 3.05) is 13.1 Å². The monoisotopic (exact) mass is 981 g/mol. The van der Waals surface area contributed by atoms with Crippen LogP contribution in [0.5, 0.6) is 0 Å². The van der Waals surface area contributed by atoms with Crippen molar-refractivity contribution in [1.82, 2.24) is 0 Å². The fourth-order valence-electron chi connectivity index (χ4n) is 7.85. The zero-order chi connectivity index (χ0) is 54.1. The van der Waals surface area contributed by atoms with Gasteiger partial charge in [0.05, 0.1) is 0 Å². The number of nitrogens with zero attached hydrogens (tertiary/aromatic N) is 2. The summed E-state index contributed by atoms with van der Waals surface area (Å²) in [6, 6.07) is 0. The first kappa shape index (κ1) is 87.8. The fraction of sp³-hybridized carbons (Fsp3) is 0.940. The van der Waals surface area contributed by atoms with Crippen LogP contribution < -0.4 is 0 Å². The number of hydrogen-bond acceptors (Lipinski definition) is 2. The Hall–Kier alpha value is -0.920. The van der Waals surface area contributed by atoms with Gasteiger partial charge in [-0.2, -0.15) is 0 Å². The molecule has 0 saturated heterocycles. The minimum absolute atomic E-state index is 1.07. The van der Waals surface area contributed by atoms with Gasteiger partial charge in [0.25, 0.3) is 0 Å². The number of hydrogen-bond donors (Lipinski definition) is 0. The van der Waals surface area contributed by atoms with Crippen LogP contribution in [0.1, 0.15) is 401 Å². The van der Waals surface area contributed by atoms with Crippen molar-refractivity contribution >= 4 is 12.4 Å². The second kappa shape index (κ2) is 117. The summed E-state index contributed by atoms with van der Waals surface area (Å²) in [5, 5.41) is 0. The highest BCUT2D eigenvalue weighted by Crippen LogP contribution is 2.18. The average Bonchev–Trinajstić information content (AvgIpc) is 4.39. The van der Waals surface area contributed by atoms with Crippen molar-refractivity contribution in [2.24, 2.45) is 9.98 Å². The quantitative estimate of drug-likeness (QED) is 0.171. The van der Waals surface area contributed by atoms with Gasteiger partial charge in [-0.1, -0.05) is 355 Å². The Kier molecular flexibility index (Phi) is 149. The highest BCUT2D eigenvalue weighted by Gasteiger charge is 1.98. The van der Waals surface area contributed by atoms with Gasteiger partial charge in [0.1, 0.15) is 0 Å². The molecule has 0 bridgehead atoms. The molecule has 6 fully saturated rings. The molecule has 9 aliphatic rings. The average molecular weight is 982 g/mol. The lowest BCUT2D eigenvalue weighted by molar-refractivity contribution is 0.504. The van der Waals surface area contributed by atoms with E-state index in [1.54, 1.807) is 0 Å². The molecule has 0 atom stereocenters. The Morgan fingerprint density at radius 2 is 0.304 bits per heavy atom. The molecule has 9 rings (SSSR count). The summed E-state index contributed by atoms with van der Waals surface area (Å²) < 4.78 is 0. The molecule has 0 spiro atoms. The molecular formula is C67H148N2. The molecule has 0 aromatic heterocycles. The Labute approximate surface area is 446 Å². The first-order chi connectivity index (χ1) is 34.5. The number of aliphatic imine (C=N–C) groups is 2. The first-order valence-electron chi connectivity index (χ1n) is 33.1. The van der Waals surface area contributed by atoms with Gasteiger partial charge >= 0.3 is 0 Å². The van der Waals surface area contributed by atoms with E-state index in [4.69, 9.17) is 0 Å². The van der Waals surface area contributed by atoms with Crippen LogP contribution in [-0.4, -0.2) is 25.5 Å². The molecule has 6 saturated carbocycles. The van der Waals surface area contributed by atoms with Gasteiger partial charge in [-0.3, -0.25) is 9.98 Å². The Bertz CT molecular complexity index is 549. The lowest BCUT2D eigenvalue weighted by Gasteiger charge is -2.05. The Morgan fingerprint density at radius 1 is 0.159 bits per heavy atom. The summed E-state index contributed by atoms with van der Waals surface area (Å²) >= 11 is 0. The molecule has 0 amide bonds. The maximum atomic E-state index is 4.05. The van der Waals surface area contributed by atoms with Gasteiger partial charge in [-0.05, 0) is 70.2 Å². The standard InChI is InChI=1S/C7H14.2C6H12.C6H10.C5H9N.3C5H10.C4H7N.9C2H6/c1-2-4-6-7-5-3-1;4*1-2-4-6-5-3-1;4*1-2-4-5-3-1;9*1-2/h1-7H2;2*1-6H2;1-2H,3-6H2;4H,1-3,5H2;3*1-5H2;3H,1-2,4H2;9*1-2H3. The second-order valence-electron chi connectivity index (χ2n) is 16.6. The third-order valence-corrected chi connectivity index (χ3v) is 11.4. The SMILES string of the molecule is C1=CCCCC1.C1=NCCC1.C1=NCCCC1.C1CCCC1.C1CCCC1.C1CCCC1.C1CCCCC1.C1CCCCC1.C1CCCCCC1.CC.CC.CC.CC.CC.CC.CC.CC.CC. The van der Waals surface area contributed by atoms with Crippen molar-refractivity contribution in [3.63, 3.8) is 0 Å². The van der Waals surface area contributed by atoms with E-state index in [0.717, 1.165) is 13.1 Å². The molecule has 0 aromatic rings. The highest BCUT2D eigenvalue weighted by atomic mass is 14.7. The highest BCUT2D eigenvalue weighted by molar-refractivity contribution is 5.58. The molecule has 2 aliphatic heterocycles. The molecule has 0 radical (unpaired) electrons. The van der Waals surface area contributed by atoms with Gasteiger partial charge in [-0.15, -0.1) is 0 Å². The predicted octanol–water partition coefficient (Wildman–Crippen LogP) is 26.7. The summed E-state index contributed by atoms with van der Waals surface area (Å²) in [6.45, 7) is 38.1. The Morgan fingerprint density at radius 3 is 0.362 bits per heavy atom. The molecule has 2 heteroatoms. The molecule has 0 aromatic carbocycles. The summed E-state index contributed by atoms with van der Waals surface area (Å²) in [7, 11) is 0. The topological polar surface area (TPSA) is 24.7 Å². The van der Waals surface area contributed by atoms with Crippen LogP contribution in [0.15, 0.2) is 22.1 Å². The molecule has 0 N–H and O–H groups in total. The summed E-state index contributed by atoms with van der Waals surface area (Å²) in [5.74, 6) is 0. The normalized spacial score (nSPS) is 17.8. The van der Waals surface area contributed by atoms with E-state index >= 15 is 0 Å². The van der Waals surface area contributed by atoms with E-state index in [-0.39, 0.29) is 0 Å². The van der Waals surface area contributed by atoms with Crippen molar-refractivity contribution < 1.29 is 0 Å². The van der Waals surface area contributed by atoms with Crippen LogP contribution in [0.2, 0.25) is 0 Å². The molecule has 0 unspecified atom stereocenters. The second-order valence-corrected chi connectivity index (χ2v) is 16.6.